The van der Waals surface area contributed by atoms with Crippen molar-refractivity contribution < 1.29 is 4.79 Å². The minimum atomic E-state index is -0.433. The molecule has 2 aromatic heterocycles. The molecule has 1 amide bonds. The van der Waals surface area contributed by atoms with Gasteiger partial charge in [0.15, 0.2) is 0 Å². The smallest absolute Gasteiger partial charge is 0.249 e. The molecule has 0 aliphatic rings. The van der Waals surface area contributed by atoms with E-state index < -0.39 is 6.04 Å². The second-order valence-corrected chi connectivity index (χ2v) is 5.70. The van der Waals surface area contributed by atoms with Crippen LogP contribution in [0.5, 0.6) is 0 Å². The van der Waals surface area contributed by atoms with Gasteiger partial charge in [-0.15, -0.1) is 0 Å². The van der Waals surface area contributed by atoms with Gasteiger partial charge < -0.3 is 5.32 Å². The molecule has 2 aromatic carbocycles. The molecule has 4 rings (SSSR count). The number of hydrogen-bond acceptors (Lipinski definition) is 4. The van der Waals surface area contributed by atoms with Crippen molar-refractivity contribution in [3.05, 3.63) is 67.4 Å². The van der Waals surface area contributed by atoms with Crippen molar-refractivity contribution in [2.24, 2.45) is 0 Å². The first-order chi connectivity index (χ1) is 12.2. The SMILES string of the molecule is C[C@@H](C(=O)Nc1ccc(-n2ncc3ccccc32)cc1)n1cncn1. The van der Waals surface area contributed by atoms with Crippen molar-refractivity contribution in [1.29, 1.82) is 0 Å². The molecule has 0 saturated carbocycles. The third-order valence-corrected chi connectivity index (χ3v) is 4.07. The maximum atomic E-state index is 12.3. The van der Waals surface area contributed by atoms with Gasteiger partial charge in [-0.05, 0) is 37.3 Å². The lowest BCUT2D eigenvalue weighted by atomic mass is 10.2. The molecule has 124 valence electrons. The number of anilines is 1. The zero-order valence-corrected chi connectivity index (χ0v) is 13.6. The summed E-state index contributed by atoms with van der Waals surface area (Å²) >= 11 is 0. The summed E-state index contributed by atoms with van der Waals surface area (Å²) in [4.78, 5) is 16.1. The standard InChI is InChI=1S/C18H16N6O/c1-13(23-12-19-11-21-23)18(25)22-15-6-8-16(9-7-15)24-17-5-3-2-4-14(17)10-20-24/h2-13H,1H3,(H,22,25)/t13-/m0/s1. The van der Waals surface area contributed by atoms with Crippen molar-refractivity contribution >= 4 is 22.5 Å². The Morgan fingerprint density at radius 2 is 1.88 bits per heavy atom. The average molecular weight is 332 g/mol. The number of amides is 1. The monoisotopic (exact) mass is 332 g/mol. The van der Waals surface area contributed by atoms with Crippen LogP contribution >= 0.6 is 0 Å². The number of carbonyl (C=O) groups is 1. The van der Waals surface area contributed by atoms with Gasteiger partial charge in [-0.3, -0.25) is 4.79 Å². The molecule has 7 nitrogen and oxygen atoms in total. The number of fused-ring (bicyclic) bond motifs is 1. The minimum absolute atomic E-state index is 0.150. The zero-order chi connectivity index (χ0) is 17.2. The molecule has 0 aliphatic carbocycles. The molecule has 4 aromatic rings. The van der Waals surface area contributed by atoms with Crippen molar-refractivity contribution in [1.82, 2.24) is 24.5 Å². The molecule has 7 heteroatoms. The summed E-state index contributed by atoms with van der Waals surface area (Å²) in [5.74, 6) is -0.150. The van der Waals surface area contributed by atoms with Gasteiger partial charge >= 0.3 is 0 Å². The van der Waals surface area contributed by atoms with Gasteiger partial charge in [-0.2, -0.15) is 10.2 Å². The number of carbonyl (C=O) groups excluding carboxylic acids is 1. The number of hydrogen-bond donors (Lipinski definition) is 1. The summed E-state index contributed by atoms with van der Waals surface area (Å²) in [7, 11) is 0. The van der Waals surface area contributed by atoms with Gasteiger partial charge in [0, 0.05) is 11.1 Å². The van der Waals surface area contributed by atoms with Crippen LogP contribution in [0.25, 0.3) is 16.6 Å². The second-order valence-electron chi connectivity index (χ2n) is 5.70. The van der Waals surface area contributed by atoms with Crippen LogP contribution < -0.4 is 5.32 Å². The Kier molecular flexibility index (Phi) is 3.74. The van der Waals surface area contributed by atoms with Crippen LogP contribution in [0.15, 0.2) is 67.4 Å². The third kappa shape index (κ3) is 2.87. The van der Waals surface area contributed by atoms with Crippen LogP contribution in [0.3, 0.4) is 0 Å². The Hall–Kier alpha value is -3.48. The minimum Gasteiger partial charge on any atom is -0.324 e. The molecule has 0 unspecified atom stereocenters. The highest BCUT2D eigenvalue weighted by Crippen LogP contribution is 2.20. The van der Waals surface area contributed by atoms with Crippen molar-refractivity contribution in [2.75, 3.05) is 5.32 Å². The van der Waals surface area contributed by atoms with E-state index in [0.717, 1.165) is 22.3 Å². The third-order valence-electron chi connectivity index (χ3n) is 4.07. The number of rotatable bonds is 4. The van der Waals surface area contributed by atoms with Crippen LogP contribution in [0.2, 0.25) is 0 Å². The number of nitrogens with one attached hydrogen (secondary N) is 1. The molecular weight excluding hydrogens is 316 g/mol. The van der Waals surface area contributed by atoms with Crippen LogP contribution in [-0.4, -0.2) is 30.5 Å². The molecule has 1 atom stereocenters. The van der Waals surface area contributed by atoms with Gasteiger partial charge in [-0.1, -0.05) is 18.2 Å². The van der Waals surface area contributed by atoms with E-state index in [1.54, 1.807) is 6.92 Å². The van der Waals surface area contributed by atoms with E-state index in [0.29, 0.717) is 0 Å². The average Bonchev–Trinajstić information content (AvgIpc) is 3.31. The lowest BCUT2D eigenvalue weighted by Crippen LogP contribution is -2.24. The first-order valence-electron chi connectivity index (χ1n) is 7.90. The van der Waals surface area contributed by atoms with Crippen LogP contribution in [0.1, 0.15) is 13.0 Å². The summed E-state index contributed by atoms with van der Waals surface area (Å²) in [6.07, 6.45) is 4.77. The summed E-state index contributed by atoms with van der Waals surface area (Å²) in [6, 6.07) is 15.2. The zero-order valence-electron chi connectivity index (χ0n) is 13.6. The van der Waals surface area contributed by atoms with Crippen molar-refractivity contribution in [3.63, 3.8) is 0 Å². The molecule has 0 radical (unpaired) electrons. The fourth-order valence-corrected chi connectivity index (χ4v) is 2.65. The first kappa shape index (κ1) is 15.1. The summed E-state index contributed by atoms with van der Waals surface area (Å²) in [5.41, 5.74) is 2.69. The number of benzene rings is 2. The summed E-state index contributed by atoms with van der Waals surface area (Å²) in [5, 5.41) is 12.4. The number of para-hydroxylation sites is 1. The fraction of sp³-hybridized carbons (Fsp3) is 0.111. The molecular formula is C18H16N6O. The highest BCUT2D eigenvalue weighted by molar-refractivity contribution is 5.93. The highest BCUT2D eigenvalue weighted by Gasteiger charge is 2.15. The molecule has 1 N–H and O–H groups in total. The fourth-order valence-electron chi connectivity index (χ4n) is 2.65. The van der Waals surface area contributed by atoms with Gasteiger partial charge in [-0.25, -0.2) is 14.3 Å². The number of nitrogens with zero attached hydrogens (tertiary/aromatic N) is 5. The molecule has 0 spiro atoms. The summed E-state index contributed by atoms with van der Waals surface area (Å²) < 4.78 is 3.39. The largest absolute Gasteiger partial charge is 0.324 e. The van der Waals surface area contributed by atoms with Gasteiger partial charge in [0.2, 0.25) is 5.91 Å². The quantitative estimate of drug-likeness (QED) is 0.623. The molecule has 25 heavy (non-hydrogen) atoms. The van der Waals surface area contributed by atoms with Gasteiger partial charge in [0.25, 0.3) is 0 Å². The van der Waals surface area contributed by atoms with Crippen LogP contribution in [0.4, 0.5) is 5.69 Å². The topological polar surface area (TPSA) is 77.6 Å². The molecule has 2 heterocycles. The Morgan fingerprint density at radius 1 is 1.08 bits per heavy atom. The second kappa shape index (κ2) is 6.20. The molecule has 0 aliphatic heterocycles. The van der Waals surface area contributed by atoms with Gasteiger partial charge in [0.1, 0.15) is 18.7 Å². The van der Waals surface area contributed by atoms with E-state index in [4.69, 9.17) is 0 Å². The van der Waals surface area contributed by atoms with Crippen molar-refractivity contribution in [2.45, 2.75) is 13.0 Å². The molecule has 0 fully saturated rings. The summed E-state index contributed by atoms with van der Waals surface area (Å²) in [6.45, 7) is 1.77. The Bertz CT molecular complexity index is 1000. The Labute approximate surface area is 143 Å². The highest BCUT2D eigenvalue weighted by atomic mass is 16.2. The Balaban J connectivity index is 1.53. The van der Waals surface area contributed by atoms with E-state index >= 15 is 0 Å². The van der Waals surface area contributed by atoms with E-state index in [2.05, 4.69) is 20.5 Å². The maximum Gasteiger partial charge on any atom is 0.249 e. The predicted octanol–water partition coefficient (Wildman–Crippen LogP) is 2.82. The predicted molar refractivity (Wildman–Crippen MR) is 94.4 cm³/mol. The maximum absolute atomic E-state index is 12.3. The molecule has 0 bridgehead atoms. The van der Waals surface area contributed by atoms with E-state index in [-0.39, 0.29) is 5.91 Å². The van der Waals surface area contributed by atoms with Crippen LogP contribution in [0, 0.1) is 0 Å². The lowest BCUT2D eigenvalue weighted by Gasteiger charge is -2.12. The molecule has 0 saturated heterocycles. The lowest BCUT2D eigenvalue weighted by molar-refractivity contribution is -0.119. The van der Waals surface area contributed by atoms with Gasteiger partial charge in [0.05, 0.1) is 17.4 Å². The number of aromatic nitrogens is 5. The Morgan fingerprint density at radius 3 is 2.64 bits per heavy atom. The first-order valence-corrected chi connectivity index (χ1v) is 7.90. The van der Waals surface area contributed by atoms with Crippen molar-refractivity contribution in [3.8, 4) is 5.69 Å². The van der Waals surface area contributed by atoms with E-state index in [1.165, 1.54) is 17.3 Å². The normalized spacial score (nSPS) is 12.2. The van der Waals surface area contributed by atoms with E-state index in [9.17, 15) is 4.79 Å². The van der Waals surface area contributed by atoms with Crippen LogP contribution in [-0.2, 0) is 4.79 Å². The van der Waals surface area contributed by atoms with E-state index in [1.807, 2.05) is 59.4 Å².